The van der Waals surface area contributed by atoms with Crippen molar-refractivity contribution in [3.05, 3.63) is 60.2 Å². The van der Waals surface area contributed by atoms with Crippen LogP contribution in [0.25, 0.3) is 0 Å². The lowest BCUT2D eigenvalue weighted by atomic mass is 10.1. The number of nitrogens with one attached hydrogen (secondary N) is 2. The summed E-state index contributed by atoms with van der Waals surface area (Å²) in [5.74, 6) is 0.640. The SMILES string of the molecule is COc1ccccc1NC(=O)NCC(Cc1ccccc1)N(C)C. The van der Waals surface area contributed by atoms with Gasteiger partial charge in [-0.25, -0.2) is 4.79 Å². The molecule has 1 unspecified atom stereocenters. The van der Waals surface area contributed by atoms with Crippen LogP contribution in [0.3, 0.4) is 0 Å². The van der Waals surface area contributed by atoms with Gasteiger partial charge in [-0.3, -0.25) is 0 Å². The maximum atomic E-state index is 12.2. The van der Waals surface area contributed by atoms with Crippen molar-refractivity contribution in [3.8, 4) is 5.75 Å². The molecule has 0 aliphatic heterocycles. The Morgan fingerprint density at radius 3 is 2.42 bits per heavy atom. The number of nitrogens with zero attached hydrogens (tertiary/aromatic N) is 1. The van der Waals surface area contributed by atoms with Gasteiger partial charge in [-0.05, 0) is 38.2 Å². The summed E-state index contributed by atoms with van der Waals surface area (Å²) < 4.78 is 5.24. The molecule has 0 aliphatic rings. The van der Waals surface area contributed by atoms with E-state index in [1.165, 1.54) is 5.56 Å². The van der Waals surface area contributed by atoms with E-state index in [9.17, 15) is 4.79 Å². The molecule has 2 N–H and O–H groups in total. The van der Waals surface area contributed by atoms with E-state index in [0.29, 0.717) is 18.0 Å². The van der Waals surface area contributed by atoms with Crippen molar-refractivity contribution in [1.82, 2.24) is 10.2 Å². The van der Waals surface area contributed by atoms with Crippen LogP contribution in [0.5, 0.6) is 5.75 Å². The van der Waals surface area contributed by atoms with E-state index in [0.717, 1.165) is 6.42 Å². The van der Waals surface area contributed by atoms with Crippen LogP contribution in [0.2, 0.25) is 0 Å². The molecule has 2 amide bonds. The van der Waals surface area contributed by atoms with Crippen molar-refractivity contribution >= 4 is 11.7 Å². The summed E-state index contributed by atoms with van der Waals surface area (Å²) in [4.78, 5) is 14.3. The molecule has 1 atom stereocenters. The zero-order valence-corrected chi connectivity index (χ0v) is 14.5. The number of ether oxygens (including phenoxy) is 1. The third kappa shape index (κ3) is 5.28. The minimum atomic E-state index is -0.237. The second kappa shape index (κ2) is 8.93. The number of rotatable bonds is 7. The summed E-state index contributed by atoms with van der Waals surface area (Å²) in [5, 5.41) is 5.76. The molecule has 0 saturated carbocycles. The van der Waals surface area contributed by atoms with Crippen LogP contribution in [0.4, 0.5) is 10.5 Å². The summed E-state index contributed by atoms with van der Waals surface area (Å²) in [6.07, 6.45) is 0.878. The molecular formula is C19H25N3O2. The van der Waals surface area contributed by atoms with Gasteiger partial charge in [-0.15, -0.1) is 0 Å². The predicted molar refractivity (Wildman–Crippen MR) is 97.6 cm³/mol. The number of urea groups is 1. The van der Waals surface area contributed by atoms with Gasteiger partial charge < -0.3 is 20.3 Å². The Bertz CT molecular complexity index is 644. The first-order valence-electron chi connectivity index (χ1n) is 7.98. The third-order valence-electron chi connectivity index (χ3n) is 3.90. The van der Waals surface area contributed by atoms with E-state index >= 15 is 0 Å². The highest BCUT2D eigenvalue weighted by molar-refractivity contribution is 5.90. The fourth-order valence-electron chi connectivity index (χ4n) is 2.45. The summed E-state index contributed by atoms with van der Waals surface area (Å²) in [6, 6.07) is 17.6. The highest BCUT2D eigenvalue weighted by Gasteiger charge is 2.14. The van der Waals surface area contributed by atoms with Crippen molar-refractivity contribution in [2.75, 3.05) is 33.1 Å². The minimum absolute atomic E-state index is 0.218. The molecule has 0 heterocycles. The number of amides is 2. The number of carbonyl (C=O) groups is 1. The van der Waals surface area contributed by atoms with Crippen LogP contribution in [0.15, 0.2) is 54.6 Å². The van der Waals surface area contributed by atoms with Crippen molar-refractivity contribution in [1.29, 1.82) is 0 Å². The quantitative estimate of drug-likeness (QED) is 0.822. The van der Waals surface area contributed by atoms with Crippen LogP contribution < -0.4 is 15.4 Å². The lowest BCUT2D eigenvalue weighted by Gasteiger charge is -2.25. The average molecular weight is 327 g/mol. The maximum absolute atomic E-state index is 12.2. The Morgan fingerprint density at radius 2 is 1.75 bits per heavy atom. The molecule has 2 aromatic carbocycles. The van der Waals surface area contributed by atoms with E-state index < -0.39 is 0 Å². The van der Waals surface area contributed by atoms with Gasteiger partial charge in [0, 0.05) is 12.6 Å². The van der Waals surface area contributed by atoms with Crippen LogP contribution >= 0.6 is 0 Å². The monoisotopic (exact) mass is 327 g/mol. The van der Waals surface area contributed by atoms with E-state index in [4.69, 9.17) is 4.74 Å². The molecule has 5 nitrogen and oxygen atoms in total. The minimum Gasteiger partial charge on any atom is -0.495 e. The number of methoxy groups -OCH3 is 1. The van der Waals surface area contributed by atoms with Gasteiger partial charge in [0.1, 0.15) is 5.75 Å². The predicted octanol–water partition coefficient (Wildman–Crippen LogP) is 2.99. The second-order valence-electron chi connectivity index (χ2n) is 5.84. The number of para-hydroxylation sites is 2. The highest BCUT2D eigenvalue weighted by atomic mass is 16.5. The number of hydrogen-bond donors (Lipinski definition) is 2. The largest absolute Gasteiger partial charge is 0.495 e. The van der Waals surface area contributed by atoms with Crippen molar-refractivity contribution < 1.29 is 9.53 Å². The summed E-state index contributed by atoms with van der Waals surface area (Å²) >= 11 is 0. The molecule has 128 valence electrons. The molecule has 0 aromatic heterocycles. The van der Waals surface area contributed by atoms with Gasteiger partial charge in [-0.1, -0.05) is 42.5 Å². The number of hydrogen-bond acceptors (Lipinski definition) is 3. The van der Waals surface area contributed by atoms with Crippen LogP contribution in [0, 0.1) is 0 Å². The summed E-state index contributed by atoms with van der Waals surface area (Å²) in [6.45, 7) is 0.558. The molecule has 2 aromatic rings. The molecule has 5 heteroatoms. The Kier molecular flexibility index (Phi) is 6.63. The molecule has 0 fully saturated rings. The standard InChI is InChI=1S/C19H25N3O2/c1-22(2)16(13-15-9-5-4-6-10-15)14-20-19(23)21-17-11-7-8-12-18(17)24-3/h4-12,16H,13-14H2,1-3H3,(H2,20,21,23). The molecule has 24 heavy (non-hydrogen) atoms. The molecule has 0 saturated heterocycles. The molecule has 0 radical (unpaired) electrons. The van der Waals surface area contributed by atoms with Gasteiger partial charge in [-0.2, -0.15) is 0 Å². The average Bonchev–Trinajstić information content (AvgIpc) is 2.59. The van der Waals surface area contributed by atoms with E-state index in [1.807, 2.05) is 56.6 Å². The Hall–Kier alpha value is -2.53. The zero-order valence-electron chi connectivity index (χ0n) is 14.5. The van der Waals surface area contributed by atoms with E-state index in [2.05, 4.69) is 27.7 Å². The van der Waals surface area contributed by atoms with E-state index in [1.54, 1.807) is 7.11 Å². The van der Waals surface area contributed by atoms with Gasteiger partial charge in [0.2, 0.25) is 0 Å². The van der Waals surface area contributed by atoms with Crippen molar-refractivity contribution in [2.45, 2.75) is 12.5 Å². The van der Waals surface area contributed by atoms with Gasteiger partial charge >= 0.3 is 6.03 Å². The zero-order chi connectivity index (χ0) is 17.4. The molecule has 2 rings (SSSR count). The van der Waals surface area contributed by atoms with Crippen molar-refractivity contribution in [3.63, 3.8) is 0 Å². The fraction of sp³-hybridized carbons (Fsp3) is 0.316. The Balaban J connectivity index is 1.90. The lowest BCUT2D eigenvalue weighted by molar-refractivity contribution is 0.242. The lowest BCUT2D eigenvalue weighted by Crippen LogP contribution is -2.43. The number of carbonyl (C=O) groups excluding carboxylic acids is 1. The van der Waals surface area contributed by atoms with Gasteiger partial charge in [0.05, 0.1) is 12.8 Å². The van der Waals surface area contributed by atoms with Crippen molar-refractivity contribution in [2.24, 2.45) is 0 Å². The number of benzene rings is 2. The first-order chi connectivity index (χ1) is 11.6. The first-order valence-corrected chi connectivity index (χ1v) is 7.98. The first kappa shape index (κ1) is 17.8. The maximum Gasteiger partial charge on any atom is 0.319 e. The topological polar surface area (TPSA) is 53.6 Å². The summed E-state index contributed by atoms with van der Waals surface area (Å²) in [7, 11) is 5.63. The fourth-order valence-corrected chi connectivity index (χ4v) is 2.45. The smallest absolute Gasteiger partial charge is 0.319 e. The molecule has 0 bridgehead atoms. The number of likely N-dealkylation sites (N-methyl/N-ethyl adjacent to an activating group) is 1. The van der Waals surface area contributed by atoms with Crippen LogP contribution in [0.1, 0.15) is 5.56 Å². The third-order valence-corrected chi connectivity index (χ3v) is 3.90. The second-order valence-corrected chi connectivity index (χ2v) is 5.84. The molecular weight excluding hydrogens is 302 g/mol. The molecule has 0 aliphatic carbocycles. The van der Waals surface area contributed by atoms with Crippen LogP contribution in [-0.2, 0) is 6.42 Å². The van der Waals surface area contributed by atoms with E-state index in [-0.39, 0.29) is 12.1 Å². The Morgan fingerprint density at radius 1 is 1.08 bits per heavy atom. The Labute approximate surface area is 143 Å². The highest BCUT2D eigenvalue weighted by Crippen LogP contribution is 2.22. The summed E-state index contributed by atoms with van der Waals surface area (Å²) in [5.41, 5.74) is 1.91. The normalized spacial score (nSPS) is 11.8. The molecule has 0 spiro atoms. The number of anilines is 1. The van der Waals surface area contributed by atoms with Gasteiger partial charge in [0.15, 0.2) is 0 Å². The van der Waals surface area contributed by atoms with Crippen LogP contribution in [-0.4, -0.2) is 44.7 Å². The van der Waals surface area contributed by atoms with Gasteiger partial charge in [0.25, 0.3) is 0 Å².